The summed E-state index contributed by atoms with van der Waals surface area (Å²) in [5.74, 6) is -0.226. The fraction of sp³-hybridized carbons (Fsp3) is 0.467. The Morgan fingerprint density at radius 3 is 2.72 bits per heavy atom. The van der Waals surface area contributed by atoms with Crippen molar-refractivity contribution in [2.75, 3.05) is 0 Å². The Bertz CT molecular complexity index is 459. The van der Waals surface area contributed by atoms with Crippen LogP contribution in [0.5, 0.6) is 0 Å². The maximum absolute atomic E-state index is 13.3. The summed E-state index contributed by atoms with van der Waals surface area (Å²) in [6, 6.07) is 4.94. The Hall–Kier alpha value is -0.670. The summed E-state index contributed by atoms with van der Waals surface area (Å²) < 4.78 is 14.1. The molecule has 1 aliphatic rings. The third-order valence-corrected chi connectivity index (χ3v) is 3.71. The van der Waals surface area contributed by atoms with Crippen LogP contribution in [-0.2, 0) is 6.42 Å². The molecule has 2 rings (SSSR count). The van der Waals surface area contributed by atoms with Crippen molar-refractivity contribution in [1.29, 1.82) is 0 Å². The van der Waals surface area contributed by atoms with E-state index in [1.165, 1.54) is 11.6 Å². The highest BCUT2D eigenvalue weighted by Gasteiger charge is 2.27. The number of benzene rings is 1. The second-order valence-corrected chi connectivity index (χ2v) is 6.81. The van der Waals surface area contributed by atoms with E-state index in [4.69, 9.17) is 0 Å². The van der Waals surface area contributed by atoms with Gasteiger partial charge in [-0.3, -0.25) is 0 Å². The summed E-state index contributed by atoms with van der Waals surface area (Å²) in [6.07, 6.45) is 4.00. The second-order valence-electron chi connectivity index (χ2n) is 5.89. The number of allylic oxidation sites excluding steroid dienone is 1. The molecule has 0 saturated carbocycles. The van der Waals surface area contributed by atoms with Crippen molar-refractivity contribution in [1.82, 2.24) is 0 Å². The minimum Gasteiger partial charge on any atom is -0.389 e. The predicted octanol–water partition coefficient (Wildman–Crippen LogP) is 4.24. The topological polar surface area (TPSA) is 20.2 Å². The van der Waals surface area contributed by atoms with E-state index in [0.717, 1.165) is 22.9 Å². The molecule has 1 aliphatic carbocycles. The lowest BCUT2D eigenvalue weighted by Crippen LogP contribution is -2.25. The zero-order valence-corrected chi connectivity index (χ0v) is 12.3. The highest BCUT2D eigenvalue weighted by atomic mass is 79.9. The average Bonchev–Trinajstić information content (AvgIpc) is 2.10. The van der Waals surface area contributed by atoms with Crippen LogP contribution in [0.25, 0.3) is 0 Å². The van der Waals surface area contributed by atoms with Gasteiger partial charge in [-0.2, -0.15) is 0 Å². The van der Waals surface area contributed by atoms with E-state index in [1.54, 1.807) is 6.07 Å². The Balaban J connectivity index is 2.18. The second kappa shape index (κ2) is 5.14. The number of halogens is 2. The van der Waals surface area contributed by atoms with E-state index in [9.17, 15) is 9.50 Å². The smallest absolute Gasteiger partial charge is 0.124 e. The van der Waals surface area contributed by atoms with E-state index in [0.29, 0.717) is 6.42 Å². The summed E-state index contributed by atoms with van der Waals surface area (Å²) in [5.41, 5.74) is 2.25. The van der Waals surface area contributed by atoms with Gasteiger partial charge in [-0.25, -0.2) is 4.39 Å². The summed E-state index contributed by atoms with van der Waals surface area (Å²) in [7, 11) is 0. The lowest BCUT2D eigenvalue weighted by atomic mass is 9.75. The maximum Gasteiger partial charge on any atom is 0.124 e. The molecule has 18 heavy (non-hydrogen) atoms. The Kier molecular flexibility index (Phi) is 3.93. The summed E-state index contributed by atoms with van der Waals surface area (Å²) in [6.45, 7) is 4.31. The average molecular weight is 313 g/mol. The fourth-order valence-corrected chi connectivity index (χ4v) is 3.25. The van der Waals surface area contributed by atoms with Crippen molar-refractivity contribution in [3.8, 4) is 0 Å². The van der Waals surface area contributed by atoms with Crippen LogP contribution in [0.2, 0.25) is 0 Å². The van der Waals surface area contributed by atoms with Crippen molar-refractivity contribution in [3.63, 3.8) is 0 Å². The van der Waals surface area contributed by atoms with E-state index >= 15 is 0 Å². The van der Waals surface area contributed by atoms with Crippen LogP contribution in [0.15, 0.2) is 34.3 Å². The zero-order valence-electron chi connectivity index (χ0n) is 10.7. The minimum atomic E-state index is -0.374. The molecule has 0 saturated heterocycles. The third-order valence-electron chi connectivity index (χ3n) is 3.25. The van der Waals surface area contributed by atoms with Gasteiger partial charge >= 0.3 is 0 Å². The molecule has 0 fully saturated rings. The van der Waals surface area contributed by atoms with Crippen LogP contribution in [0.4, 0.5) is 4.39 Å². The molecule has 0 amide bonds. The fourth-order valence-electron chi connectivity index (χ4n) is 2.74. The quantitative estimate of drug-likeness (QED) is 0.810. The van der Waals surface area contributed by atoms with Crippen LogP contribution in [0.3, 0.4) is 0 Å². The monoisotopic (exact) mass is 312 g/mol. The molecule has 0 spiro atoms. The number of rotatable bonds is 2. The molecule has 1 aromatic carbocycles. The first-order valence-corrected chi connectivity index (χ1v) is 6.96. The van der Waals surface area contributed by atoms with Crippen LogP contribution < -0.4 is 0 Å². The summed E-state index contributed by atoms with van der Waals surface area (Å²) in [4.78, 5) is 0. The normalized spacial score (nSPS) is 22.7. The summed E-state index contributed by atoms with van der Waals surface area (Å²) >= 11 is 3.30. The number of aliphatic hydroxyl groups is 1. The van der Waals surface area contributed by atoms with Crippen LogP contribution in [0.1, 0.15) is 32.3 Å². The molecular formula is C15H18BrFO. The first-order valence-electron chi connectivity index (χ1n) is 6.17. The molecule has 0 radical (unpaired) electrons. The number of hydrogen-bond donors (Lipinski definition) is 1. The van der Waals surface area contributed by atoms with Crippen molar-refractivity contribution in [2.24, 2.45) is 5.41 Å². The van der Waals surface area contributed by atoms with Crippen LogP contribution in [-0.4, -0.2) is 11.2 Å². The van der Waals surface area contributed by atoms with Gasteiger partial charge in [0.1, 0.15) is 5.82 Å². The molecular weight excluding hydrogens is 295 g/mol. The van der Waals surface area contributed by atoms with E-state index in [2.05, 4.69) is 29.8 Å². The molecule has 1 unspecified atom stereocenters. The lowest BCUT2D eigenvalue weighted by molar-refractivity contribution is 0.138. The minimum absolute atomic E-state index is 0.119. The largest absolute Gasteiger partial charge is 0.389 e. The predicted molar refractivity (Wildman–Crippen MR) is 74.9 cm³/mol. The third kappa shape index (κ3) is 3.66. The van der Waals surface area contributed by atoms with Crippen molar-refractivity contribution in [3.05, 3.63) is 45.7 Å². The van der Waals surface area contributed by atoms with Crippen molar-refractivity contribution in [2.45, 2.75) is 39.2 Å². The number of hydrogen-bond acceptors (Lipinski definition) is 1. The molecule has 0 aliphatic heterocycles. The van der Waals surface area contributed by atoms with Crippen molar-refractivity contribution >= 4 is 15.9 Å². The molecule has 1 nitrogen and oxygen atoms in total. The van der Waals surface area contributed by atoms with Gasteiger partial charge in [-0.1, -0.05) is 41.4 Å². The van der Waals surface area contributed by atoms with Gasteiger partial charge in [0.05, 0.1) is 6.10 Å². The maximum atomic E-state index is 13.3. The first-order chi connectivity index (χ1) is 8.34. The van der Waals surface area contributed by atoms with Gasteiger partial charge in [0.25, 0.3) is 0 Å². The van der Waals surface area contributed by atoms with Crippen molar-refractivity contribution < 1.29 is 9.50 Å². The van der Waals surface area contributed by atoms with Gasteiger partial charge in [0.2, 0.25) is 0 Å². The Morgan fingerprint density at radius 1 is 1.39 bits per heavy atom. The molecule has 0 heterocycles. The van der Waals surface area contributed by atoms with Gasteiger partial charge < -0.3 is 5.11 Å². The molecule has 98 valence electrons. The van der Waals surface area contributed by atoms with E-state index in [-0.39, 0.29) is 17.3 Å². The van der Waals surface area contributed by atoms with Gasteiger partial charge in [0.15, 0.2) is 0 Å². The molecule has 1 N–H and O–H groups in total. The van der Waals surface area contributed by atoms with Gasteiger partial charge in [0, 0.05) is 4.47 Å². The van der Waals surface area contributed by atoms with Crippen LogP contribution in [0, 0.1) is 11.2 Å². The van der Waals surface area contributed by atoms with E-state index < -0.39 is 0 Å². The van der Waals surface area contributed by atoms with Gasteiger partial charge in [-0.15, -0.1) is 0 Å². The first kappa shape index (κ1) is 13.8. The molecule has 1 aromatic rings. The van der Waals surface area contributed by atoms with E-state index in [1.807, 2.05) is 12.1 Å². The molecule has 1 atom stereocenters. The highest BCUT2D eigenvalue weighted by molar-refractivity contribution is 9.10. The zero-order chi connectivity index (χ0) is 13.3. The SMILES string of the molecule is CC1(C)CC(Cc2cc(F)cc(Br)c2)=CC(O)C1. The molecule has 3 heteroatoms. The van der Waals surface area contributed by atoms with Crippen LogP contribution >= 0.6 is 15.9 Å². The van der Waals surface area contributed by atoms with Gasteiger partial charge in [-0.05, 0) is 48.4 Å². The molecule has 0 bridgehead atoms. The standard InChI is InChI=1S/C15H18BrFO/c1-15(2)8-11(6-14(18)9-15)3-10-4-12(16)7-13(17)5-10/h4-7,14,18H,3,8-9H2,1-2H3. The number of aliphatic hydroxyl groups excluding tert-OH is 1. The Morgan fingerprint density at radius 2 is 2.11 bits per heavy atom. The highest BCUT2D eigenvalue weighted by Crippen LogP contribution is 2.36. The summed E-state index contributed by atoms with van der Waals surface area (Å²) in [5, 5.41) is 9.84. The molecule has 0 aromatic heterocycles. The lowest BCUT2D eigenvalue weighted by Gasteiger charge is -2.32. The Labute approximate surface area is 116 Å².